The van der Waals surface area contributed by atoms with Crippen molar-refractivity contribution < 1.29 is 13.2 Å². The number of fused-ring (bicyclic) bond motifs is 4. The fraction of sp³-hybridized carbons (Fsp3) is 0.500. The number of pyridine rings is 1. The second-order valence-corrected chi connectivity index (χ2v) is 10.0. The molecule has 9 heteroatoms. The van der Waals surface area contributed by atoms with Crippen LogP contribution in [0, 0.1) is 20.8 Å². The third-order valence-corrected chi connectivity index (χ3v) is 7.90. The van der Waals surface area contributed by atoms with Gasteiger partial charge in [0.15, 0.2) is 0 Å². The maximum absolute atomic E-state index is 13.5. The molecule has 0 saturated carbocycles. The molecule has 0 aliphatic carbocycles. The third-order valence-electron chi connectivity index (χ3n) is 7.90. The van der Waals surface area contributed by atoms with E-state index >= 15 is 0 Å². The van der Waals surface area contributed by atoms with Crippen molar-refractivity contribution in [2.24, 2.45) is 0 Å². The first-order valence-electron chi connectivity index (χ1n) is 12.1. The van der Waals surface area contributed by atoms with E-state index in [0.29, 0.717) is 33.7 Å². The molecule has 3 aliphatic rings. The SMILES string of the molecule is Cc1nc(N[C@H](C)c2cccc(C(F)(F)F)c2C)c2cn(C34CCN(CC3)CC4)c(=O)c(C)c2n1. The second kappa shape index (κ2) is 8.33. The van der Waals surface area contributed by atoms with E-state index in [0.717, 1.165) is 45.0 Å². The molecule has 3 aromatic rings. The number of hydrogen-bond donors (Lipinski definition) is 1. The Labute approximate surface area is 202 Å². The Morgan fingerprint density at radius 2 is 1.69 bits per heavy atom. The maximum Gasteiger partial charge on any atom is 0.416 e. The Morgan fingerprint density at radius 3 is 2.31 bits per heavy atom. The van der Waals surface area contributed by atoms with Crippen molar-refractivity contribution in [1.29, 1.82) is 0 Å². The van der Waals surface area contributed by atoms with Crippen molar-refractivity contribution in [3.05, 3.63) is 62.8 Å². The van der Waals surface area contributed by atoms with Crippen molar-refractivity contribution in [2.75, 3.05) is 25.0 Å². The van der Waals surface area contributed by atoms with Crippen LogP contribution in [-0.2, 0) is 11.7 Å². The zero-order chi connectivity index (χ0) is 25.1. The molecule has 6 nitrogen and oxygen atoms in total. The number of nitrogens with zero attached hydrogens (tertiary/aromatic N) is 4. The minimum atomic E-state index is -4.42. The topological polar surface area (TPSA) is 63.1 Å². The van der Waals surface area contributed by atoms with E-state index in [4.69, 9.17) is 0 Å². The van der Waals surface area contributed by atoms with Crippen LogP contribution in [0.3, 0.4) is 0 Å². The van der Waals surface area contributed by atoms with Crippen molar-refractivity contribution >= 4 is 16.7 Å². The summed E-state index contributed by atoms with van der Waals surface area (Å²) in [5.41, 5.74) is 1.01. The third kappa shape index (κ3) is 3.99. The van der Waals surface area contributed by atoms with Crippen molar-refractivity contribution in [3.8, 4) is 0 Å². The number of rotatable bonds is 4. The van der Waals surface area contributed by atoms with E-state index in [1.165, 1.54) is 13.0 Å². The summed E-state index contributed by atoms with van der Waals surface area (Å²) >= 11 is 0. The standard InChI is InChI=1S/C26H30F3N5O/c1-15-19(6-5-7-21(15)26(27,28)29)17(3)30-23-20-14-34(25-8-11-33(12-9-25)13-10-25)24(35)16(2)22(20)31-18(4)32-23/h5-7,14,17H,8-13H2,1-4H3,(H,30,31,32)/t17-/m1/s1. The molecule has 2 bridgehead atoms. The van der Waals surface area contributed by atoms with Gasteiger partial charge in [-0.1, -0.05) is 12.1 Å². The Kier molecular flexibility index (Phi) is 5.66. The van der Waals surface area contributed by atoms with Gasteiger partial charge >= 0.3 is 6.18 Å². The van der Waals surface area contributed by atoms with Gasteiger partial charge in [0, 0.05) is 31.4 Å². The number of alkyl halides is 3. The van der Waals surface area contributed by atoms with E-state index in [-0.39, 0.29) is 16.7 Å². The van der Waals surface area contributed by atoms with Gasteiger partial charge < -0.3 is 14.8 Å². The van der Waals surface area contributed by atoms with Crippen LogP contribution in [0.15, 0.2) is 29.2 Å². The Bertz CT molecular complexity index is 1340. The van der Waals surface area contributed by atoms with Gasteiger partial charge in [0.25, 0.3) is 5.56 Å². The molecule has 0 spiro atoms. The molecule has 3 saturated heterocycles. The summed E-state index contributed by atoms with van der Waals surface area (Å²) < 4.78 is 42.3. The molecule has 5 heterocycles. The lowest BCUT2D eigenvalue weighted by molar-refractivity contribution is -0.138. The molecule has 186 valence electrons. The average molecular weight is 486 g/mol. The smallest absolute Gasteiger partial charge is 0.363 e. The summed E-state index contributed by atoms with van der Waals surface area (Å²) in [6.45, 7) is 9.80. The summed E-state index contributed by atoms with van der Waals surface area (Å²) in [7, 11) is 0. The predicted molar refractivity (Wildman–Crippen MR) is 130 cm³/mol. The molecule has 1 aromatic carbocycles. The van der Waals surface area contributed by atoms with Crippen LogP contribution in [0.4, 0.5) is 19.0 Å². The second-order valence-electron chi connectivity index (χ2n) is 10.0. The summed E-state index contributed by atoms with van der Waals surface area (Å²) in [6.07, 6.45) is 0.229. The fourth-order valence-electron chi connectivity index (χ4n) is 5.80. The number of hydrogen-bond acceptors (Lipinski definition) is 5. The largest absolute Gasteiger partial charge is 0.416 e. The number of halogens is 3. The highest BCUT2D eigenvalue weighted by atomic mass is 19.4. The van der Waals surface area contributed by atoms with E-state index < -0.39 is 17.8 Å². The van der Waals surface area contributed by atoms with E-state index in [1.54, 1.807) is 19.9 Å². The Morgan fingerprint density at radius 1 is 1.03 bits per heavy atom. The van der Waals surface area contributed by atoms with Gasteiger partial charge in [-0.3, -0.25) is 4.79 Å². The molecule has 1 N–H and O–H groups in total. The van der Waals surface area contributed by atoms with Crippen LogP contribution < -0.4 is 10.9 Å². The number of aryl methyl sites for hydroxylation is 2. The first-order valence-corrected chi connectivity index (χ1v) is 12.1. The zero-order valence-electron chi connectivity index (χ0n) is 20.5. The van der Waals surface area contributed by atoms with Gasteiger partial charge in [0.05, 0.1) is 28.0 Å². The Hall–Kier alpha value is -2.94. The normalized spacial score (nSPS) is 23.0. The molecular weight excluding hydrogens is 455 g/mol. The fourth-order valence-corrected chi connectivity index (χ4v) is 5.80. The minimum absolute atomic E-state index is 0.0290. The van der Waals surface area contributed by atoms with Crippen LogP contribution >= 0.6 is 0 Å². The van der Waals surface area contributed by atoms with Crippen LogP contribution in [0.1, 0.15) is 60.3 Å². The molecule has 3 aliphatic heterocycles. The average Bonchev–Trinajstić information content (AvgIpc) is 2.82. The zero-order valence-corrected chi connectivity index (χ0v) is 20.5. The van der Waals surface area contributed by atoms with Gasteiger partial charge in [0.1, 0.15) is 11.6 Å². The molecule has 3 fully saturated rings. The molecule has 0 unspecified atom stereocenters. The molecule has 0 amide bonds. The first-order chi connectivity index (χ1) is 16.5. The highest BCUT2D eigenvalue weighted by Gasteiger charge is 2.42. The summed E-state index contributed by atoms with van der Waals surface area (Å²) in [5, 5.41) is 4.05. The maximum atomic E-state index is 13.5. The number of anilines is 1. The van der Waals surface area contributed by atoms with Crippen molar-refractivity contribution in [3.63, 3.8) is 0 Å². The van der Waals surface area contributed by atoms with Crippen LogP contribution in [0.25, 0.3) is 10.9 Å². The number of aromatic nitrogens is 3. The minimum Gasteiger partial charge on any atom is -0.363 e. The summed E-state index contributed by atoms with van der Waals surface area (Å²) in [6, 6.07) is 3.80. The molecule has 2 aromatic heterocycles. The number of benzene rings is 1. The van der Waals surface area contributed by atoms with Crippen LogP contribution in [0.5, 0.6) is 0 Å². The van der Waals surface area contributed by atoms with Crippen molar-refractivity contribution in [2.45, 2.75) is 64.7 Å². The molecule has 6 rings (SSSR count). The van der Waals surface area contributed by atoms with Gasteiger partial charge in [-0.2, -0.15) is 13.2 Å². The monoisotopic (exact) mass is 485 g/mol. The van der Waals surface area contributed by atoms with Gasteiger partial charge in [-0.05, 0) is 64.2 Å². The lowest BCUT2D eigenvalue weighted by atomic mass is 9.79. The number of piperidine rings is 3. The first kappa shape index (κ1) is 23.8. The highest BCUT2D eigenvalue weighted by molar-refractivity contribution is 5.90. The van der Waals surface area contributed by atoms with E-state index in [1.807, 2.05) is 17.7 Å². The van der Waals surface area contributed by atoms with Gasteiger partial charge in [-0.25, -0.2) is 9.97 Å². The molecular formula is C26H30F3N5O. The predicted octanol–water partition coefficient (Wildman–Crippen LogP) is 5.10. The van der Waals surface area contributed by atoms with E-state index in [9.17, 15) is 18.0 Å². The van der Waals surface area contributed by atoms with Gasteiger partial charge in [0.2, 0.25) is 0 Å². The van der Waals surface area contributed by atoms with Crippen molar-refractivity contribution in [1.82, 2.24) is 19.4 Å². The lowest BCUT2D eigenvalue weighted by Crippen LogP contribution is -2.56. The van der Waals surface area contributed by atoms with E-state index in [2.05, 4.69) is 20.2 Å². The molecule has 0 radical (unpaired) electrons. The summed E-state index contributed by atoms with van der Waals surface area (Å²) in [5.74, 6) is 1.02. The van der Waals surface area contributed by atoms with Crippen LogP contribution in [-0.4, -0.2) is 39.1 Å². The lowest BCUT2D eigenvalue weighted by Gasteiger charge is -2.49. The van der Waals surface area contributed by atoms with Crippen LogP contribution in [0.2, 0.25) is 0 Å². The number of nitrogens with one attached hydrogen (secondary N) is 1. The molecule has 1 atom stereocenters. The molecule has 35 heavy (non-hydrogen) atoms. The highest BCUT2D eigenvalue weighted by Crippen LogP contribution is 2.39. The Balaban J connectivity index is 1.61. The quantitative estimate of drug-likeness (QED) is 0.557. The van der Waals surface area contributed by atoms with Gasteiger partial charge in [-0.15, -0.1) is 0 Å². The summed E-state index contributed by atoms with van der Waals surface area (Å²) in [4.78, 5) is 25.1.